The van der Waals surface area contributed by atoms with Crippen molar-refractivity contribution in [2.75, 3.05) is 6.61 Å². The van der Waals surface area contributed by atoms with Gasteiger partial charge >= 0.3 is 0 Å². The summed E-state index contributed by atoms with van der Waals surface area (Å²) in [5, 5.41) is 0. The maximum Gasteiger partial charge on any atom is 0.119 e. The van der Waals surface area contributed by atoms with Gasteiger partial charge in [0.2, 0.25) is 0 Å². The van der Waals surface area contributed by atoms with Gasteiger partial charge in [0.25, 0.3) is 0 Å². The third kappa shape index (κ3) is 3.96. The lowest BCUT2D eigenvalue weighted by atomic mass is 10.1. The highest BCUT2D eigenvalue weighted by Gasteiger charge is 2.02. The minimum Gasteiger partial charge on any atom is -0.493 e. The zero-order valence-corrected chi connectivity index (χ0v) is 9.99. The molecule has 0 aromatic heterocycles. The van der Waals surface area contributed by atoms with E-state index in [0.29, 0.717) is 6.61 Å². The Kier molecular flexibility index (Phi) is 5.45. The molecule has 0 amide bonds. The molecule has 0 aliphatic carbocycles. The van der Waals surface area contributed by atoms with E-state index in [2.05, 4.69) is 18.8 Å². The fourth-order valence-corrected chi connectivity index (χ4v) is 1.39. The van der Waals surface area contributed by atoms with Gasteiger partial charge in [-0.2, -0.15) is 0 Å². The van der Waals surface area contributed by atoms with Crippen LogP contribution in [-0.2, 0) is 0 Å². The van der Waals surface area contributed by atoms with E-state index in [0.717, 1.165) is 24.2 Å². The summed E-state index contributed by atoms with van der Waals surface area (Å²) < 4.78 is 5.53. The van der Waals surface area contributed by atoms with Gasteiger partial charge in [-0.05, 0) is 31.0 Å². The molecule has 16 heavy (non-hydrogen) atoms. The number of benzene rings is 1. The summed E-state index contributed by atoms with van der Waals surface area (Å²) in [6, 6.07) is 8.10. The molecule has 0 saturated heterocycles. The first kappa shape index (κ1) is 12.6. The lowest BCUT2D eigenvalue weighted by Gasteiger charge is -2.10. The van der Waals surface area contributed by atoms with Gasteiger partial charge in [0.05, 0.1) is 6.61 Å². The Hall–Kier alpha value is -1.46. The van der Waals surface area contributed by atoms with Crippen molar-refractivity contribution in [3.8, 4) is 17.6 Å². The van der Waals surface area contributed by atoms with Gasteiger partial charge in [-0.25, -0.2) is 0 Å². The monoisotopic (exact) mass is 217 g/mol. The van der Waals surface area contributed by atoms with E-state index < -0.39 is 0 Å². The van der Waals surface area contributed by atoms with E-state index in [-0.39, 0.29) is 6.04 Å². The molecule has 1 aromatic carbocycles. The maximum absolute atomic E-state index is 5.92. The molecular formula is C14H19NO. The van der Waals surface area contributed by atoms with E-state index in [1.54, 1.807) is 0 Å². The van der Waals surface area contributed by atoms with Crippen molar-refractivity contribution >= 4 is 0 Å². The number of hydrogen-bond acceptors (Lipinski definition) is 2. The Morgan fingerprint density at radius 3 is 2.56 bits per heavy atom. The molecule has 0 saturated carbocycles. The van der Waals surface area contributed by atoms with E-state index in [9.17, 15) is 0 Å². The SMILES string of the molecule is CC#CCCOc1ccc([C@H](N)CC)cc1. The molecule has 0 aliphatic rings. The molecule has 1 aromatic rings. The van der Waals surface area contributed by atoms with Gasteiger partial charge in [0.15, 0.2) is 0 Å². The van der Waals surface area contributed by atoms with Crippen molar-refractivity contribution < 1.29 is 4.74 Å². The van der Waals surface area contributed by atoms with Crippen LogP contribution in [0.15, 0.2) is 24.3 Å². The van der Waals surface area contributed by atoms with Crippen molar-refractivity contribution in [2.45, 2.75) is 32.7 Å². The quantitative estimate of drug-likeness (QED) is 0.608. The van der Waals surface area contributed by atoms with Crippen LogP contribution in [0, 0.1) is 11.8 Å². The summed E-state index contributed by atoms with van der Waals surface area (Å²) in [6.07, 6.45) is 1.72. The van der Waals surface area contributed by atoms with E-state index in [1.807, 2.05) is 31.2 Å². The molecule has 1 rings (SSSR count). The molecule has 2 heteroatoms. The predicted octanol–water partition coefficient (Wildman–Crippen LogP) is 2.89. The number of ether oxygens (including phenoxy) is 1. The van der Waals surface area contributed by atoms with Crippen molar-refractivity contribution in [2.24, 2.45) is 5.73 Å². The first-order valence-corrected chi connectivity index (χ1v) is 5.66. The van der Waals surface area contributed by atoms with E-state index in [1.165, 1.54) is 0 Å². The highest BCUT2D eigenvalue weighted by atomic mass is 16.5. The third-order valence-corrected chi connectivity index (χ3v) is 2.42. The Morgan fingerprint density at radius 2 is 2.00 bits per heavy atom. The van der Waals surface area contributed by atoms with Crippen LogP contribution >= 0.6 is 0 Å². The molecule has 2 N–H and O–H groups in total. The number of hydrogen-bond donors (Lipinski definition) is 1. The second kappa shape index (κ2) is 6.92. The van der Waals surface area contributed by atoms with Crippen molar-refractivity contribution in [3.05, 3.63) is 29.8 Å². The third-order valence-electron chi connectivity index (χ3n) is 2.42. The van der Waals surface area contributed by atoms with Crippen LogP contribution in [0.4, 0.5) is 0 Å². The zero-order chi connectivity index (χ0) is 11.8. The van der Waals surface area contributed by atoms with Crippen LogP contribution in [0.3, 0.4) is 0 Å². The minimum absolute atomic E-state index is 0.125. The lowest BCUT2D eigenvalue weighted by molar-refractivity contribution is 0.327. The van der Waals surface area contributed by atoms with E-state index >= 15 is 0 Å². The normalized spacial score (nSPS) is 11.4. The summed E-state index contributed by atoms with van der Waals surface area (Å²) in [6.45, 7) is 4.56. The van der Waals surface area contributed by atoms with Crippen molar-refractivity contribution in [3.63, 3.8) is 0 Å². The lowest BCUT2D eigenvalue weighted by Crippen LogP contribution is -2.08. The summed E-state index contributed by atoms with van der Waals surface area (Å²) in [5.41, 5.74) is 7.08. The molecule has 86 valence electrons. The van der Waals surface area contributed by atoms with Gasteiger partial charge in [-0.1, -0.05) is 19.1 Å². The van der Waals surface area contributed by atoms with Gasteiger partial charge in [-0.3, -0.25) is 0 Å². The van der Waals surface area contributed by atoms with Gasteiger partial charge in [0, 0.05) is 12.5 Å². The molecule has 0 spiro atoms. The molecule has 2 nitrogen and oxygen atoms in total. The summed E-state index contributed by atoms with van der Waals surface area (Å²) in [7, 11) is 0. The van der Waals surface area contributed by atoms with Crippen LogP contribution in [0.5, 0.6) is 5.75 Å². The second-order valence-corrected chi connectivity index (χ2v) is 3.61. The van der Waals surface area contributed by atoms with Crippen LogP contribution in [0.1, 0.15) is 38.3 Å². The molecule has 1 atom stereocenters. The Morgan fingerprint density at radius 1 is 1.31 bits per heavy atom. The average Bonchev–Trinajstić information content (AvgIpc) is 2.34. The fourth-order valence-electron chi connectivity index (χ4n) is 1.39. The topological polar surface area (TPSA) is 35.2 Å². The smallest absolute Gasteiger partial charge is 0.119 e. The zero-order valence-electron chi connectivity index (χ0n) is 9.99. The molecule has 0 unspecified atom stereocenters. The highest BCUT2D eigenvalue weighted by molar-refractivity contribution is 5.29. The largest absolute Gasteiger partial charge is 0.493 e. The van der Waals surface area contributed by atoms with Gasteiger partial charge < -0.3 is 10.5 Å². The molecule has 0 bridgehead atoms. The Bertz CT molecular complexity index is 359. The second-order valence-electron chi connectivity index (χ2n) is 3.61. The maximum atomic E-state index is 5.92. The van der Waals surface area contributed by atoms with Crippen LogP contribution in [0.25, 0.3) is 0 Å². The summed E-state index contributed by atoms with van der Waals surface area (Å²) in [5.74, 6) is 6.68. The predicted molar refractivity (Wildman–Crippen MR) is 67.2 cm³/mol. The van der Waals surface area contributed by atoms with Gasteiger partial charge in [-0.15, -0.1) is 11.8 Å². The minimum atomic E-state index is 0.125. The first-order valence-electron chi connectivity index (χ1n) is 5.66. The first-order chi connectivity index (χ1) is 7.77. The van der Waals surface area contributed by atoms with Crippen molar-refractivity contribution in [1.82, 2.24) is 0 Å². The summed E-state index contributed by atoms with van der Waals surface area (Å²) >= 11 is 0. The Labute approximate surface area is 97.8 Å². The average molecular weight is 217 g/mol. The van der Waals surface area contributed by atoms with Gasteiger partial charge in [0.1, 0.15) is 5.75 Å². The van der Waals surface area contributed by atoms with Crippen molar-refractivity contribution in [1.29, 1.82) is 0 Å². The fraction of sp³-hybridized carbons (Fsp3) is 0.429. The van der Waals surface area contributed by atoms with Crippen LogP contribution < -0.4 is 10.5 Å². The van der Waals surface area contributed by atoms with E-state index in [4.69, 9.17) is 10.5 Å². The molecule has 0 radical (unpaired) electrons. The standard InChI is InChI=1S/C14H19NO/c1-3-5-6-11-16-13-9-7-12(8-10-13)14(15)4-2/h7-10,14H,4,6,11,15H2,1-2H3/t14-/m1/s1. The molecule has 0 heterocycles. The number of nitrogens with two attached hydrogens (primary N) is 1. The Balaban J connectivity index is 2.47. The number of rotatable bonds is 5. The van der Waals surface area contributed by atoms with Crippen LogP contribution in [-0.4, -0.2) is 6.61 Å². The molecular weight excluding hydrogens is 198 g/mol. The molecule has 0 aliphatic heterocycles. The highest BCUT2D eigenvalue weighted by Crippen LogP contribution is 2.18. The van der Waals surface area contributed by atoms with Crippen LogP contribution in [0.2, 0.25) is 0 Å². The molecule has 0 fully saturated rings. The summed E-state index contributed by atoms with van der Waals surface area (Å²) in [4.78, 5) is 0.